The normalized spacial score (nSPS) is 17.1. The van der Waals surface area contributed by atoms with Gasteiger partial charge in [0.05, 0.1) is 6.10 Å². The molecular formula is C14H19F2NO. The molecule has 0 heterocycles. The zero-order valence-corrected chi connectivity index (χ0v) is 10.5. The molecule has 100 valence electrons. The molecule has 4 heteroatoms. The Morgan fingerprint density at radius 2 is 2.06 bits per heavy atom. The Kier molecular flexibility index (Phi) is 4.66. The van der Waals surface area contributed by atoms with Gasteiger partial charge >= 0.3 is 0 Å². The van der Waals surface area contributed by atoms with Gasteiger partial charge in [0.2, 0.25) is 0 Å². The van der Waals surface area contributed by atoms with E-state index >= 15 is 0 Å². The summed E-state index contributed by atoms with van der Waals surface area (Å²) < 4.78 is 29.9. The van der Waals surface area contributed by atoms with Gasteiger partial charge in [-0.1, -0.05) is 24.3 Å². The molecule has 0 spiro atoms. The summed E-state index contributed by atoms with van der Waals surface area (Å²) in [6.45, 7) is 2.07. The van der Waals surface area contributed by atoms with E-state index in [2.05, 4.69) is 5.32 Å². The van der Waals surface area contributed by atoms with Crippen LogP contribution >= 0.6 is 0 Å². The number of hydrogen-bond acceptors (Lipinski definition) is 2. The van der Waals surface area contributed by atoms with Crippen LogP contribution in [0.4, 0.5) is 8.78 Å². The van der Waals surface area contributed by atoms with Crippen LogP contribution in [0.25, 0.3) is 0 Å². The van der Waals surface area contributed by atoms with Crippen molar-refractivity contribution < 1.29 is 13.5 Å². The number of hydrogen-bond donors (Lipinski definition) is 1. The molecule has 1 aliphatic carbocycles. The largest absolute Gasteiger partial charge is 0.366 e. The average molecular weight is 255 g/mol. The van der Waals surface area contributed by atoms with E-state index in [1.807, 2.05) is 31.2 Å². The molecule has 1 saturated carbocycles. The van der Waals surface area contributed by atoms with Crippen LogP contribution in [0.1, 0.15) is 30.1 Å². The van der Waals surface area contributed by atoms with Crippen molar-refractivity contribution >= 4 is 0 Å². The van der Waals surface area contributed by atoms with Crippen molar-refractivity contribution in [3.63, 3.8) is 0 Å². The van der Waals surface area contributed by atoms with Crippen molar-refractivity contribution in [1.29, 1.82) is 0 Å². The zero-order valence-electron chi connectivity index (χ0n) is 10.5. The summed E-state index contributed by atoms with van der Waals surface area (Å²) in [6.07, 6.45) is -0.358. The monoisotopic (exact) mass is 255 g/mol. The SMILES string of the molecule is Cc1ccccc1C(CNC1CC1)OCC(F)F. The third-order valence-electron chi connectivity index (χ3n) is 3.13. The van der Waals surface area contributed by atoms with Crippen LogP contribution in [0, 0.1) is 6.92 Å². The fraction of sp³-hybridized carbons (Fsp3) is 0.571. The quantitative estimate of drug-likeness (QED) is 0.808. The van der Waals surface area contributed by atoms with E-state index in [1.54, 1.807) is 0 Å². The van der Waals surface area contributed by atoms with Gasteiger partial charge in [-0.3, -0.25) is 0 Å². The summed E-state index contributed by atoms with van der Waals surface area (Å²) in [5, 5.41) is 3.34. The minimum atomic E-state index is -2.42. The Balaban J connectivity index is 1.99. The van der Waals surface area contributed by atoms with Gasteiger partial charge in [0.15, 0.2) is 0 Å². The molecule has 1 aromatic carbocycles. The summed E-state index contributed by atoms with van der Waals surface area (Å²) in [6, 6.07) is 8.33. The second-order valence-corrected chi connectivity index (χ2v) is 4.75. The predicted octanol–water partition coefficient (Wildman–Crippen LogP) is 3.07. The summed E-state index contributed by atoms with van der Waals surface area (Å²) in [7, 11) is 0. The lowest BCUT2D eigenvalue weighted by Gasteiger charge is -2.20. The Morgan fingerprint density at radius 3 is 2.67 bits per heavy atom. The van der Waals surface area contributed by atoms with Crippen molar-refractivity contribution in [1.82, 2.24) is 5.32 Å². The molecule has 1 fully saturated rings. The molecule has 0 bridgehead atoms. The lowest BCUT2D eigenvalue weighted by molar-refractivity contribution is -0.0249. The molecule has 0 aromatic heterocycles. The topological polar surface area (TPSA) is 21.3 Å². The van der Waals surface area contributed by atoms with Gasteiger partial charge in [-0.25, -0.2) is 8.78 Å². The maximum atomic E-state index is 12.3. The standard InChI is InChI=1S/C14H19F2NO/c1-10-4-2-3-5-12(10)13(18-9-14(15)16)8-17-11-6-7-11/h2-5,11,13-14,17H,6-9H2,1H3. The van der Waals surface area contributed by atoms with Crippen molar-refractivity contribution in [2.75, 3.05) is 13.2 Å². The summed E-state index contributed by atoms with van der Waals surface area (Å²) >= 11 is 0. The second-order valence-electron chi connectivity index (χ2n) is 4.75. The first-order valence-electron chi connectivity index (χ1n) is 6.35. The Labute approximate surface area is 106 Å². The lowest BCUT2D eigenvalue weighted by atomic mass is 10.0. The van der Waals surface area contributed by atoms with Crippen LogP contribution in [0.5, 0.6) is 0 Å². The van der Waals surface area contributed by atoms with Crippen molar-refractivity contribution in [2.45, 2.75) is 38.3 Å². The zero-order chi connectivity index (χ0) is 13.0. The van der Waals surface area contributed by atoms with E-state index in [4.69, 9.17) is 4.74 Å². The highest BCUT2D eigenvalue weighted by atomic mass is 19.3. The number of ether oxygens (including phenoxy) is 1. The second kappa shape index (κ2) is 6.25. The molecule has 1 N–H and O–H groups in total. The number of nitrogens with one attached hydrogen (secondary N) is 1. The maximum absolute atomic E-state index is 12.3. The third kappa shape index (κ3) is 4.03. The van der Waals surface area contributed by atoms with E-state index in [0.29, 0.717) is 12.6 Å². The fourth-order valence-electron chi connectivity index (χ4n) is 1.96. The van der Waals surface area contributed by atoms with E-state index in [1.165, 1.54) is 12.8 Å². The number of benzene rings is 1. The first kappa shape index (κ1) is 13.4. The van der Waals surface area contributed by atoms with Crippen LogP contribution in [-0.2, 0) is 4.74 Å². The fourth-order valence-corrected chi connectivity index (χ4v) is 1.96. The number of rotatable bonds is 7. The molecule has 1 atom stereocenters. The van der Waals surface area contributed by atoms with Crippen molar-refractivity contribution in [2.24, 2.45) is 0 Å². The molecule has 0 radical (unpaired) electrons. The molecule has 1 unspecified atom stereocenters. The van der Waals surface area contributed by atoms with Crippen LogP contribution in [0.2, 0.25) is 0 Å². The maximum Gasteiger partial charge on any atom is 0.261 e. The lowest BCUT2D eigenvalue weighted by Crippen LogP contribution is -2.26. The van der Waals surface area contributed by atoms with E-state index in [0.717, 1.165) is 11.1 Å². The summed E-state index contributed by atoms with van der Waals surface area (Å²) in [5.74, 6) is 0. The van der Waals surface area contributed by atoms with Gasteiger partial charge in [0.25, 0.3) is 6.43 Å². The first-order valence-corrected chi connectivity index (χ1v) is 6.35. The van der Waals surface area contributed by atoms with Gasteiger partial charge in [0, 0.05) is 12.6 Å². The smallest absolute Gasteiger partial charge is 0.261 e. The van der Waals surface area contributed by atoms with Gasteiger partial charge in [-0.05, 0) is 30.9 Å². The van der Waals surface area contributed by atoms with Crippen molar-refractivity contribution in [3.8, 4) is 0 Å². The molecule has 1 aromatic rings. The molecule has 0 saturated heterocycles. The van der Waals surface area contributed by atoms with Crippen LogP contribution in [-0.4, -0.2) is 25.6 Å². The highest BCUT2D eigenvalue weighted by Gasteiger charge is 2.23. The van der Waals surface area contributed by atoms with Gasteiger partial charge in [-0.15, -0.1) is 0 Å². The molecule has 2 rings (SSSR count). The Hall–Kier alpha value is -1.00. The van der Waals surface area contributed by atoms with Gasteiger partial charge in [-0.2, -0.15) is 0 Å². The van der Waals surface area contributed by atoms with E-state index < -0.39 is 13.0 Å². The van der Waals surface area contributed by atoms with Crippen LogP contribution in [0.15, 0.2) is 24.3 Å². The molecule has 18 heavy (non-hydrogen) atoms. The molecule has 0 aliphatic heterocycles. The highest BCUT2D eigenvalue weighted by Crippen LogP contribution is 2.24. The number of aryl methyl sites for hydroxylation is 1. The summed E-state index contributed by atoms with van der Waals surface area (Å²) in [4.78, 5) is 0. The molecule has 2 nitrogen and oxygen atoms in total. The predicted molar refractivity (Wildman–Crippen MR) is 66.9 cm³/mol. The third-order valence-corrected chi connectivity index (χ3v) is 3.13. The minimum Gasteiger partial charge on any atom is -0.366 e. The average Bonchev–Trinajstić information content (AvgIpc) is 3.14. The van der Waals surface area contributed by atoms with Crippen molar-refractivity contribution in [3.05, 3.63) is 35.4 Å². The number of alkyl halides is 2. The van der Waals surface area contributed by atoms with Crippen LogP contribution < -0.4 is 5.32 Å². The first-order chi connectivity index (χ1) is 8.66. The molecule has 1 aliphatic rings. The summed E-state index contributed by atoms with van der Waals surface area (Å²) in [5.41, 5.74) is 2.07. The highest BCUT2D eigenvalue weighted by molar-refractivity contribution is 5.28. The van der Waals surface area contributed by atoms with Crippen LogP contribution in [0.3, 0.4) is 0 Å². The molecule has 0 amide bonds. The van der Waals surface area contributed by atoms with E-state index in [9.17, 15) is 8.78 Å². The Bertz CT molecular complexity index is 374. The number of halogens is 2. The van der Waals surface area contributed by atoms with Gasteiger partial charge in [0.1, 0.15) is 6.61 Å². The van der Waals surface area contributed by atoms with Gasteiger partial charge < -0.3 is 10.1 Å². The molecular weight excluding hydrogens is 236 g/mol. The Morgan fingerprint density at radius 1 is 1.33 bits per heavy atom. The minimum absolute atomic E-state index is 0.291. The van der Waals surface area contributed by atoms with E-state index in [-0.39, 0.29) is 6.10 Å².